The number of carbonyl (C=O) groups is 1. The van der Waals surface area contributed by atoms with Crippen molar-refractivity contribution in [2.45, 2.75) is 51.1 Å². The fourth-order valence-corrected chi connectivity index (χ4v) is 2.26. The van der Waals surface area contributed by atoms with Gasteiger partial charge in [-0.25, -0.2) is 0 Å². The number of hydrogen-bond donors (Lipinski definition) is 2. The van der Waals surface area contributed by atoms with E-state index in [0.29, 0.717) is 11.9 Å². The lowest BCUT2D eigenvalue weighted by atomic mass is 9.95. The summed E-state index contributed by atoms with van der Waals surface area (Å²) in [6.07, 6.45) is 7.65. The average Bonchev–Trinajstić information content (AvgIpc) is 2.76. The van der Waals surface area contributed by atoms with E-state index in [9.17, 15) is 4.79 Å². The molecule has 0 aromatic carbocycles. The van der Waals surface area contributed by atoms with Gasteiger partial charge in [0, 0.05) is 12.2 Å². The van der Waals surface area contributed by atoms with Crippen molar-refractivity contribution < 1.29 is 4.79 Å². The summed E-state index contributed by atoms with van der Waals surface area (Å²) in [5.74, 6) is 0.474. The van der Waals surface area contributed by atoms with Crippen molar-refractivity contribution in [3.8, 4) is 0 Å². The third-order valence-corrected chi connectivity index (χ3v) is 3.36. The number of nitrogen functional groups attached to an aromatic ring is 1. The molecule has 1 amide bonds. The highest BCUT2D eigenvalue weighted by molar-refractivity contribution is 5.80. The van der Waals surface area contributed by atoms with Gasteiger partial charge in [-0.3, -0.25) is 9.48 Å². The highest BCUT2D eigenvalue weighted by atomic mass is 16.2. The largest absolute Gasteiger partial charge is 0.382 e. The van der Waals surface area contributed by atoms with Crippen molar-refractivity contribution >= 4 is 11.7 Å². The van der Waals surface area contributed by atoms with Gasteiger partial charge in [0.1, 0.15) is 11.9 Å². The van der Waals surface area contributed by atoms with Crippen LogP contribution in [0.1, 0.15) is 45.1 Å². The third-order valence-electron chi connectivity index (χ3n) is 3.36. The Morgan fingerprint density at radius 3 is 2.82 bits per heavy atom. The van der Waals surface area contributed by atoms with Crippen molar-refractivity contribution in [1.82, 2.24) is 15.1 Å². The van der Waals surface area contributed by atoms with Crippen LogP contribution in [-0.4, -0.2) is 21.7 Å². The minimum atomic E-state index is -0.297. The zero-order chi connectivity index (χ0) is 12.3. The molecule has 1 heterocycles. The first-order valence-electron chi connectivity index (χ1n) is 6.28. The molecule has 94 valence electrons. The van der Waals surface area contributed by atoms with Gasteiger partial charge in [0.2, 0.25) is 5.91 Å². The Bertz CT molecular complexity index is 382. The van der Waals surface area contributed by atoms with E-state index >= 15 is 0 Å². The molecule has 1 aromatic heterocycles. The molecule has 1 saturated carbocycles. The van der Waals surface area contributed by atoms with Crippen molar-refractivity contribution in [3.63, 3.8) is 0 Å². The van der Waals surface area contributed by atoms with E-state index in [1.54, 1.807) is 16.9 Å². The first-order chi connectivity index (χ1) is 8.16. The maximum atomic E-state index is 12.0. The third kappa shape index (κ3) is 2.99. The number of carbonyl (C=O) groups excluding carboxylic acids is 1. The molecule has 1 fully saturated rings. The van der Waals surface area contributed by atoms with Crippen LogP contribution in [0.4, 0.5) is 5.82 Å². The Kier molecular flexibility index (Phi) is 3.66. The fourth-order valence-electron chi connectivity index (χ4n) is 2.26. The Hall–Kier alpha value is -1.52. The molecule has 5 heteroatoms. The van der Waals surface area contributed by atoms with Gasteiger partial charge in [-0.15, -0.1) is 0 Å². The first-order valence-corrected chi connectivity index (χ1v) is 6.28. The molecule has 5 nitrogen and oxygen atoms in total. The second kappa shape index (κ2) is 5.21. The minimum absolute atomic E-state index is 0.0278. The van der Waals surface area contributed by atoms with Crippen LogP contribution in [0.25, 0.3) is 0 Å². The number of amides is 1. The van der Waals surface area contributed by atoms with Crippen LogP contribution < -0.4 is 11.1 Å². The van der Waals surface area contributed by atoms with E-state index in [0.717, 1.165) is 12.8 Å². The Labute approximate surface area is 101 Å². The SMILES string of the molecule is CC(C(=O)NC1CCCCC1)n1ccc(N)n1. The van der Waals surface area contributed by atoms with Crippen molar-refractivity contribution in [1.29, 1.82) is 0 Å². The van der Waals surface area contributed by atoms with E-state index in [1.165, 1.54) is 19.3 Å². The lowest BCUT2D eigenvalue weighted by molar-refractivity contribution is -0.125. The fraction of sp³-hybridized carbons (Fsp3) is 0.667. The highest BCUT2D eigenvalue weighted by Gasteiger charge is 2.20. The number of aromatic nitrogens is 2. The molecule has 0 spiro atoms. The molecule has 1 aromatic rings. The van der Waals surface area contributed by atoms with Crippen LogP contribution in [0.2, 0.25) is 0 Å². The number of nitrogens with one attached hydrogen (secondary N) is 1. The van der Waals surface area contributed by atoms with E-state index < -0.39 is 0 Å². The van der Waals surface area contributed by atoms with E-state index in [1.807, 2.05) is 6.92 Å². The average molecular weight is 236 g/mol. The van der Waals surface area contributed by atoms with E-state index in [4.69, 9.17) is 5.73 Å². The summed E-state index contributed by atoms with van der Waals surface area (Å²) < 4.78 is 1.60. The number of rotatable bonds is 3. The lowest BCUT2D eigenvalue weighted by Gasteiger charge is -2.24. The van der Waals surface area contributed by atoms with Crippen LogP contribution in [0.15, 0.2) is 12.3 Å². The quantitative estimate of drug-likeness (QED) is 0.834. The molecule has 3 N–H and O–H groups in total. The molecule has 0 bridgehead atoms. The van der Waals surface area contributed by atoms with E-state index in [2.05, 4.69) is 10.4 Å². The van der Waals surface area contributed by atoms with Crippen LogP contribution >= 0.6 is 0 Å². The van der Waals surface area contributed by atoms with Gasteiger partial charge >= 0.3 is 0 Å². The highest BCUT2D eigenvalue weighted by Crippen LogP contribution is 2.18. The molecular weight excluding hydrogens is 216 g/mol. The second-order valence-corrected chi connectivity index (χ2v) is 4.74. The van der Waals surface area contributed by atoms with Crippen LogP contribution in [-0.2, 0) is 4.79 Å². The summed E-state index contributed by atoms with van der Waals surface area (Å²) >= 11 is 0. The molecule has 17 heavy (non-hydrogen) atoms. The molecule has 1 unspecified atom stereocenters. The van der Waals surface area contributed by atoms with Crippen molar-refractivity contribution in [3.05, 3.63) is 12.3 Å². The van der Waals surface area contributed by atoms with Gasteiger partial charge in [-0.2, -0.15) is 5.10 Å². The molecule has 0 radical (unpaired) electrons. The topological polar surface area (TPSA) is 72.9 Å². The van der Waals surface area contributed by atoms with Gasteiger partial charge in [0.05, 0.1) is 0 Å². The molecule has 1 aliphatic carbocycles. The van der Waals surface area contributed by atoms with Crippen molar-refractivity contribution in [2.75, 3.05) is 5.73 Å². The van der Waals surface area contributed by atoms with Gasteiger partial charge in [-0.05, 0) is 25.8 Å². The summed E-state index contributed by atoms with van der Waals surface area (Å²) in [6, 6.07) is 1.74. The molecule has 1 aliphatic rings. The predicted molar refractivity (Wildman–Crippen MR) is 66.4 cm³/mol. The number of hydrogen-bond acceptors (Lipinski definition) is 3. The van der Waals surface area contributed by atoms with Crippen LogP contribution in [0.3, 0.4) is 0 Å². The van der Waals surface area contributed by atoms with Crippen LogP contribution in [0.5, 0.6) is 0 Å². The number of anilines is 1. The maximum Gasteiger partial charge on any atom is 0.244 e. The normalized spacial score (nSPS) is 18.9. The zero-order valence-corrected chi connectivity index (χ0v) is 10.2. The smallest absolute Gasteiger partial charge is 0.244 e. The summed E-state index contributed by atoms with van der Waals surface area (Å²) in [5.41, 5.74) is 5.54. The first kappa shape index (κ1) is 12.0. The number of nitrogens with two attached hydrogens (primary N) is 1. The molecule has 1 atom stereocenters. The lowest BCUT2D eigenvalue weighted by Crippen LogP contribution is -2.40. The molecule has 0 aliphatic heterocycles. The van der Waals surface area contributed by atoms with E-state index in [-0.39, 0.29) is 11.9 Å². The van der Waals surface area contributed by atoms with Gasteiger partial charge < -0.3 is 11.1 Å². The second-order valence-electron chi connectivity index (χ2n) is 4.74. The summed E-state index contributed by atoms with van der Waals surface area (Å²) in [4.78, 5) is 12.0. The Morgan fingerprint density at radius 2 is 2.24 bits per heavy atom. The standard InChI is InChI=1S/C12H20N4O/c1-9(16-8-7-11(13)15-16)12(17)14-10-5-3-2-4-6-10/h7-10H,2-6H2,1H3,(H2,13,15)(H,14,17). The Morgan fingerprint density at radius 1 is 1.53 bits per heavy atom. The summed E-state index contributed by atoms with van der Waals surface area (Å²) in [6.45, 7) is 1.84. The summed E-state index contributed by atoms with van der Waals surface area (Å²) in [7, 11) is 0. The zero-order valence-electron chi connectivity index (χ0n) is 10.2. The molecule has 2 rings (SSSR count). The minimum Gasteiger partial charge on any atom is -0.382 e. The van der Waals surface area contributed by atoms with Crippen LogP contribution in [0, 0.1) is 0 Å². The number of nitrogens with zero attached hydrogens (tertiary/aromatic N) is 2. The molecular formula is C12H20N4O. The van der Waals surface area contributed by atoms with Gasteiger partial charge in [0.25, 0.3) is 0 Å². The predicted octanol–water partition coefficient (Wildman–Crippen LogP) is 1.48. The monoisotopic (exact) mass is 236 g/mol. The van der Waals surface area contributed by atoms with Gasteiger partial charge in [0.15, 0.2) is 0 Å². The van der Waals surface area contributed by atoms with Gasteiger partial charge in [-0.1, -0.05) is 19.3 Å². The summed E-state index contributed by atoms with van der Waals surface area (Å²) in [5, 5.41) is 7.14. The van der Waals surface area contributed by atoms with Crippen molar-refractivity contribution in [2.24, 2.45) is 0 Å². The maximum absolute atomic E-state index is 12.0. The molecule has 0 saturated heterocycles. The Balaban J connectivity index is 1.90.